The van der Waals surface area contributed by atoms with Crippen molar-refractivity contribution >= 4 is 33.5 Å². The molecule has 0 spiro atoms. The van der Waals surface area contributed by atoms with E-state index in [2.05, 4.69) is 31.2 Å². The fraction of sp³-hybridized carbons (Fsp3) is 0.412. The number of hydrogen-bond acceptors (Lipinski definition) is 5. The molecule has 0 saturated heterocycles. The van der Waals surface area contributed by atoms with Crippen molar-refractivity contribution in [1.82, 2.24) is 9.97 Å². The highest BCUT2D eigenvalue weighted by molar-refractivity contribution is 9.10. The lowest BCUT2D eigenvalue weighted by atomic mass is 10.2. The largest absolute Gasteiger partial charge is 0.488 e. The van der Waals surface area contributed by atoms with Crippen LogP contribution in [0.4, 0.5) is 32.2 Å². The van der Waals surface area contributed by atoms with E-state index in [1.165, 1.54) is 13.0 Å². The Morgan fingerprint density at radius 2 is 1.93 bits per heavy atom. The van der Waals surface area contributed by atoms with Gasteiger partial charge >= 0.3 is 6.18 Å². The Morgan fingerprint density at radius 3 is 2.55 bits per heavy atom. The number of alkyl halides is 5. The van der Waals surface area contributed by atoms with Crippen LogP contribution in [-0.2, 0) is 0 Å². The molecule has 160 valence electrons. The number of rotatable bonds is 8. The summed E-state index contributed by atoms with van der Waals surface area (Å²) in [7, 11) is 0. The highest BCUT2D eigenvalue weighted by atomic mass is 79.9. The number of thioether (sulfide) groups is 1. The summed E-state index contributed by atoms with van der Waals surface area (Å²) in [6, 6.07) is 1.82. The number of nitrogens with one attached hydrogen (secondary N) is 1. The van der Waals surface area contributed by atoms with Gasteiger partial charge in [0.25, 0.3) is 6.43 Å². The van der Waals surface area contributed by atoms with Crippen LogP contribution in [0, 0.1) is 12.7 Å². The first-order chi connectivity index (χ1) is 13.5. The predicted molar refractivity (Wildman–Crippen MR) is 101 cm³/mol. The van der Waals surface area contributed by atoms with Gasteiger partial charge in [-0.05, 0) is 47.5 Å². The van der Waals surface area contributed by atoms with Crippen molar-refractivity contribution in [3.05, 3.63) is 40.0 Å². The summed E-state index contributed by atoms with van der Waals surface area (Å²) in [6.07, 6.45) is -6.17. The van der Waals surface area contributed by atoms with Crippen molar-refractivity contribution in [3.63, 3.8) is 0 Å². The second kappa shape index (κ2) is 9.88. The molecule has 0 bridgehead atoms. The maximum atomic E-state index is 14.1. The van der Waals surface area contributed by atoms with Gasteiger partial charge in [-0.3, -0.25) is 0 Å². The summed E-state index contributed by atoms with van der Waals surface area (Å²) in [5.74, 6) is -1.92. The number of benzene rings is 1. The van der Waals surface area contributed by atoms with Gasteiger partial charge in [-0.15, -0.1) is 11.8 Å². The zero-order valence-corrected chi connectivity index (χ0v) is 17.6. The number of aryl methyl sites for hydroxylation is 1. The number of anilines is 1. The molecule has 0 saturated carbocycles. The third kappa shape index (κ3) is 6.95. The van der Waals surface area contributed by atoms with Crippen LogP contribution in [-0.4, -0.2) is 34.5 Å². The molecule has 1 aromatic carbocycles. The molecule has 1 N–H and O–H groups in total. The number of aromatic nitrogens is 2. The van der Waals surface area contributed by atoms with Crippen molar-refractivity contribution in [2.24, 2.45) is 0 Å². The average molecular weight is 504 g/mol. The summed E-state index contributed by atoms with van der Waals surface area (Å²) in [5.41, 5.74) is -0.119. The van der Waals surface area contributed by atoms with E-state index in [1.807, 2.05) is 0 Å². The van der Waals surface area contributed by atoms with Gasteiger partial charge in [-0.1, -0.05) is 0 Å². The van der Waals surface area contributed by atoms with Crippen LogP contribution in [0.3, 0.4) is 0 Å². The number of halogens is 7. The minimum atomic E-state index is -4.35. The average Bonchev–Trinajstić information content (AvgIpc) is 2.61. The van der Waals surface area contributed by atoms with Crippen LogP contribution in [0.1, 0.15) is 24.6 Å². The van der Waals surface area contributed by atoms with Gasteiger partial charge in [0.05, 0.1) is 16.3 Å². The summed E-state index contributed by atoms with van der Waals surface area (Å²) >= 11 is 3.54. The summed E-state index contributed by atoms with van der Waals surface area (Å²) < 4.78 is 82.5. The van der Waals surface area contributed by atoms with Crippen LogP contribution >= 0.6 is 27.7 Å². The molecular formula is C17H16BrF6N3OS. The van der Waals surface area contributed by atoms with Crippen molar-refractivity contribution in [1.29, 1.82) is 0 Å². The highest BCUT2D eigenvalue weighted by Gasteiger charge is 2.28. The van der Waals surface area contributed by atoms with E-state index in [-0.39, 0.29) is 27.5 Å². The van der Waals surface area contributed by atoms with E-state index in [1.54, 1.807) is 6.92 Å². The van der Waals surface area contributed by atoms with Crippen LogP contribution in [0.5, 0.6) is 5.75 Å². The third-order valence-electron chi connectivity index (χ3n) is 3.52. The predicted octanol–water partition coefficient (Wildman–Crippen LogP) is 6.16. The minimum absolute atomic E-state index is 0.00537. The van der Waals surface area contributed by atoms with E-state index in [0.717, 1.165) is 12.4 Å². The molecule has 12 heteroatoms. The third-order valence-corrected chi connectivity index (χ3v) is 5.52. The van der Waals surface area contributed by atoms with Gasteiger partial charge < -0.3 is 10.1 Å². The molecular weight excluding hydrogens is 488 g/mol. The molecule has 4 nitrogen and oxygen atoms in total. The molecule has 2 rings (SSSR count). The first-order valence-electron chi connectivity index (χ1n) is 8.15. The quantitative estimate of drug-likeness (QED) is 0.345. The van der Waals surface area contributed by atoms with Crippen molar-refractivity contribution in [3.8, 4) is 5.75 Å². The molecule has 0 radical (unpaired) electrons. The molecule has 1 heterocycles. The number of ether oxygens (including phenoxy) is 1. The van der Waals surface area contributed by atoms with Gasteiger partial charge in [-0.25, -0.2) is 23.1 Å². The maximum Gasteiger partial charge on any atom is 0.398 e. The molecule has 0 fully saturated rings. The smallest absolute Gasteiger partial charge is 0.398 e. The maximum absolute atomic E-state index is 14.1. The Bertz CT molecular complexity index is 853. The minimum Gasteiger partial charge on any atom is -0.488 e. The summed E-state index contributed by atoms with van der Waals surface area (Å²) in [4.78, 5) is 7.61. The Labute approximate surface area is 175 Å². The van der Waals surface area contributed by atoms with Gasteiger partial charge in [0, 0.05) is 4.90 Å². The van der Waals surface area contributed by atoms with E-state index in [9.17, 15) is 26.3 Å². The summed E-state index contributed by atoms with van der Waals surface area (Å²) in [6.45, 7) is 3.05. The lowest BCUT2D eigenvalue weighted by Crippen LogP contribution is -2.25. The fourth-order valence-electron chi connectivity index (χ4n) is 2.19. The Morgan fingerprint density at radius 1 is 1.24 bits per heavy atom. The van der Waals surface area contributed by atoms with E-state index in [0.29, 0.717) is 17.3 Å². The monoisotopic (exact) mass is 503 g/mol. The Balaban J connectivity index is 2.05. The van der Waals surface area contributed by atoms with Gasteiger partial charge in [0.2, 0.25) is 0 Å². The molecule has 1 unspecified atom stereocenters. The van der Waals surface area contributed by atoms with Gasteiger partial charge in [0.15, 0.2) is 11.6 Å². The van der Waals surface area contributed by atoms with Crippen LogP contribution < -0.4 is 10.1 Å². The lowest BCUT2D eigenvalue weighted by molar-refractivity contribution is -0.105. The SMILES string of the molecule is Cc1cc(F)c(OCC(C)Nc2ncnc(C(F)F)c2Br)cc1SCC(F)(F)F. The fourth-order valence-corrected chi connectivity index (χ4v) is 3.47. The molecule has 29 heavy (non-hydrogen) atoms. The van der Waals surface area contributed by atoms with Gasteiger partial charge in [0.1, 0.15) is 24.4 Å². The van der Waals surface area contributed by atoms with Crippen molar-refractivity contribution < 1.29 is 31.1 Å². The van der Waals surface area contributed by atoms with E-state index < -0.39 is 35.9 Å². The number of hydrogen-bond donors (Lipinski definition) is 1. The highest BCUT2D eigenvalue weighted by Crippen LogP contribution is 2.34. The molecule has 0 aliphatic carbocycles. The molecule has 0 aliphatic heterocycles. The zero-order chi connectivity index (χ0) is 21.8. The molecule has 0 amide bonds. The number of nitrogens with zero attached hydrogens (tertiary/aromatic N) is 2. The first kappa shape index (κ1) is 23.6. The summed E-state index contributed by atoms with van der Waals surface area (Å²) in [5, 5.41) is 2.83. The lowest BCUT2D eigenvalue weighted by Gasteiger charge is -2.18. The van der Waals surface area contributed by atoms with Gasteiger partial charge in [-0.2, -0.15) is 13.2 Å². The standard InChI is InChI=1S/C17H16BrF6N3OS/c1-8-3-10(19)11(4-12(8)29-6-17(22,23)24)28-5-9(2)27-16-13(18)14(15(20)21)25-7-26-16/h3-4,7,9,15H,5-6H2,1-2H3,(H,25,26,27). The first-order valence-corrected chi connectivity index (χ1v) is 9.93. The normalized spacial score (nSPS) is 12.9. The molecule has 1 aromatic heterocycles. The van der Waals surface area contributed by atoms with Crippen LogP contribution in [0.2, 0.25) is 0 Å². The molecule has 2 aromatic rings. The van der Waals surface area contributed by atoms with Crippen molar-refractivity contribution in [2.75, 3.05) is 17.7 Å². The van der Waals surface area contributed by atoms with E-state index in [4.69, 9.17) is 4.74 Å². The topological polar surface area (TPSA) is 47.0 Å². The zero-order valence-electron chi connectivity index (χ0n) is 15.2. The second-order valence-corrected chi connectivity index (χ2v) is 7.84. The molecule has 0 aliphatic rings. The Kier molecular flexibility index (Phi) is 8.03. The van der Waals surface area contributed by atoms with Crippen molar-refractivity contribution in [2.45, 2.75) is 37.4 Å². The molecule has 1 atom stereocenters. The van der Waals surface area contributed by atoms with Crippen LogP contribution in [0.15, 0.2) is 27.8 Å². The Hall–Kier alpha value is -1.69. The van der Waals surface area contributed by atoms with E-state index >= 15 is 0 Å². The van der Waals surface area contributed by atoms with Crippen LogP contribution in [0.25, 0.3) is 0 Å². The second-order valence-electron chi connectivity index (χ2n) is 6.03.